The van der Waals surface area contributed by atoms with Crippen LogP contribution in [0.25, 0.3) is 0 Å². The molecule has 3 N–H and O–H groups in total. The first-order chi connectivity index (χ1) is 8.49. The maximum Gasteiger partial charge on any atom is 0.307 e. The van der Waals surface area contributed by atoms with Gasteiger partial charge in [0.2, 0.25) is 0 Å². The minimum atomic E-state index is -0.860. The van der Waals surface area contributed by atoms with Gasteiger partial charge in [0.25, 0.3) is 0 Å². The molecule has 1 rings (SSSR count). The number of carbonyl (C=O) groups is 1. The van der Waals surface area contributed by atoms with Gasteiger partial charge in [-0.15, -0.1) is 0 Å². The van der Waals surface area contributed by atoms with Crippen molar-refractivity contribution in [1.29, 1.82) is 0 Å². The van der Waals surface area contributed by atoms with Crippen molar-refractivity contribution in [2.75, 3.05) is 6.54 Å². The van der Waals surface area contributed by atoms with Crippen LogP contribution in [0.15, 0.2) is 18.2 Å². The van der Waals surface area contributed by atoms with Crippen LogP contribution in [0, 0.1) is 5.92 Å². The Bertz CT molecular complexity index is 423. The van der Waals surface area contributed by atoms with Crippen molar-refractivity contribution in [2.24, 2.45) is 11.7 Å². The van der Waals surface area contributed by atoms with Gasteiger partial charge in [-0.1, -0.05) is 36.2 Å². The Kier molecular flexibility index (Phi) is 5.93. The molecule has 5 heteroatoms. The summed E-state index contributed by atoms with van der Waals surface area (Å²) >= 11 is 12.0. The van der Waals surface area contributed by atoms with Crippen molar-refractivity contribution >= 4 is 29.2 Å². The molecule has 3 nitrogen and oxygen atoms in total. The fourth-order valence-electron chi connectivity index (χ4n) is 1.99. The van der Waals surface area contributed by atoms with E-state index in [4.69, 9.17) is 34.0 Å². The lowest BCUT2D eigenvalue weighted by Crippen LogP contribution is -2.25. The molecule has 1 aromatic carbocycles. The van der Waals surface area contributed by atoms with Crippen LogP contribution in [-0.2, 0) is 4.79 Å². The van der Waals surface area contributed by atoms with Crippen LogP contribution in [0.5, 0.6) is 0 Å². The Hall–Kier alpha value is -0.770. The Morgan fingerprint density at radius 2 is 2.11 bits per heavy atom. The zero-order valence-corrected chi connectivity index (χ0v) is 11.7. The third-order valence-electron chi connectivity index (χ3n) is 3.10. The number of rotatable bonds is 6. The smallest absolute Gasteiger partial charge is 0.307 e. The van der Waals surface area contributed by atoms with Crippen molar-refractivity contribution in [3.63, 3.8) is 0 Å². The lowest BCUT2D eigenvalue weighted by Gasteiger charge is -2.20. The summed E-state index contributed by atoms with van der Waals surface area (Å²) in [5, 5.41) is 10.2. The van der Waals surface area contributed by atoms with Crippen molar-refractivity contribution in [1.82, 2.24) is 0 Å². The first-order valence-electron chi connectivity index (χ1n) is 5.87. The van der Waals surface area contributed by atoms with E-state index in [1.54, 1.807) is 12.1 Å². The van der Waals surface area contributed by atoms with Gasteiger partial charge in [-0.3, -0.25) is 4.79 Å². The predicted octanol–water partition coefficient (Wildman–Crippen LogP) is 3.54. The summed E-state index contributed by atoms with van der Waals surface area (Å²) < 4.78 is 0. The molecule has 0 aliphatic rings. The van der Waals surface area contributed by atoms with Crippen LogP contribution < -0.4 is 5.73 Å². The lowest BCUT2D eigenvalue weighted by molar-refractivity contribution is -0.141. The number of halogens is 2. The van der Waals surface area contributed by atoms with Crippen LogP contribution in [-0.4, -0.2) is 17.6 Å². The van der Waals surface area contributed by atoms with Gasteiger partial charge >= 0.3 is 5.97 Å². The maximum atomic E-state index is 11.0. The molecule has 2 atom stereocenters. The number of nitrogens with two attached hydrogens (primary N) is 1. The van der Waals surface area contributed by atoms with Crippen molar-refractivity contribution < 1.29 is 9.90 Å². The number of carboxylic acid groups (broad SMARTS) is 1. The lowest BCUT2D eigenvalue weighted by atomic mass is 9.87. The van der Waals surface area contributed by atoms with Crippen LogP contribution in [0.2, 0.25) is 10.0 Å². The highest BCUT2D eigenvalue weighted by atomic mass is 35.5. The van der Waals surface area contributed by atoms with Gasteiger partial charge < -0.3 is 10.8 Å². The van der Waals surface area contributed by atoms with Crippen molar-refractivity contribution in [3.05, 3.63) is 33.8 Å². The number of hydrogen-bond acceptors (Lipinski definition) is 2. The first-order valence-corrected chi connectivity index (χ1v) is 6.63. The zero-order chi connectivity index (χ0) is 13.7. The number of carboxylic acids is 1. The summed E-state index contributed by atoms with van der Waals surface area (Å²) in [6.45, 7) is 2.14. The molecule has 0 fully saturated rings. The quantitative estimate of drug-likeness (QED) is 0.842. The third kappa shape index (κ3) is 3.87. The van der Waals surface area contributed by atoms with E-state index in [2.05, 4.69) is 0 Å². The molecule has 2 unspecified atom stereocenters. The minimum Gasteiger partial charge on any atom is -0.481 e. The molecule has 0 heterocycles. The molecule has 0 aliphatic heterocycles. The molecular formula is C13H17Cl2NO2. The molecule has 0 bridgehead atoms. The normalized spacial score (nSPS) is 14.2. The Labute approximate surface area is 117 Å². The standard InChI is InChI=1S/C13H17Cl2NO2/c1-2-8(5-9(7-16)13(17)18)11-4-3-10(14)6-12(11)15/h3-4,6,8-9H,2,5,7,16H2,1H3,(H,17,18). The molecule has 100 valence electrons. The van der Waals surface area contributed by atoms with Gasteiger partial charge in [-0.25, -0.2) is 0 Å². The molecule has 1 aromatic rings. The number of benzene rings is 1. The zero-order valence-electron chi connectivity index (χ0n) is 10.2. The molecule has 0 aromatic heterocycles. The van der Waals surface area contributed by atoms with E-state index < -0.39 is 11.9 Å². The highest BCUT2D eigenvalue weighted by Crippen LogP contribution is 2.33. The molecule has 0 spiro atoms. The fourth-order valence-corrected chi connectivity index (χ4v) is 2.55. The van der Waals surface area contributed by atoms with E-state index in [1.165, 1.54) is 0 Å². The largest absolute Gasteiger partial charge is 0.481 e. The summed E-state index contributed by atoms with van der Waals surface area (Å²) in [4.78, 5) is 11.0. The van der Waals surface area contributed by atoms with Crippen LogP contribution in [0.4, 0.5) is 0 Å². The minimum absolute atomic E-state index is 0.0828. The Balaban J connectivity index is 2.92. The average molecular weight is 290 g/mol. The van der Waals surface area contributed by atoms with E-state index >= 15 is 0 Å². The predicted molar refractivity (Wildman–Crippen MR) is 74.3 cm³/mol. The number of hydrogen-bond donors (Lipinski definition) is 2. The van der Waals surface area contributed by atoms with Gasteiger partial charge in [0.15, 0.2) is 0 Å². The van der Waals surface area contributed by atoms with Crippen LogP contribution in [0.1, 0.15) is 31.2 Å². The fraction of sp³-hybridized carbons (Fsp3) is 0.462. The molecule has 0 aliphatic carbocycles. The number of aliphatic carboxylic acids is 1. The second-order valence-electron chi connectivity index (χ2n) is 4.28. The van der Waals surface area contributed by atoms with E-state index in [0.717, 1.165) is 12.0 Å². The third-order valence-corrected chi connectivity index (χ3v) is 3.66. The van der Waals surface area contributed by atoms with Gasteiger partial charge in [-0.05, 0) is 36.5 Å². The Morgan fingerprint density at radius 3 is 2.56 bits per heavy atom. The molecule has 0 saturated carbocycles. The Morgan fingerprint density at radius 1 is 1.44 bits per heavy atom. The molecular weight excluding hydrogens is 273 g/mol. The highest BCUT2D eigenvalue weighted by Gasteiger charge is 2.22. The van der Waals surface area contributed by atoms with Gasteiger partial charge in [0, 0.05) is 16.6 Å². The molecule has 0 radical (unpaired) electrons. The SMILES string of the molecule is CCC(CC(CN)C(=O)O)c1ccc(Cl)cc1Cl. The second-order valence-corrected chi connectivity index (χ2v) is 5.12. The van der Waals surface area contributed by atoms with Crippen molar-refractivity contribution in [2.45, 2.75) is 25.7 Å². The van der Waals surface area contributed by atoms with Gasteiger partial charge in [-0.2, -0.15) is 0 Å². The van der Waals surface area contributed by atoms with E-state index in [-0.39, 0.29) is 12.5 Å². The van der Waals surface area contributed by atoms with E-state index in [9.17, 15) is 4.79 Å². The summed E-state index contributed by atoms with van der Waals surface area (Å²) in [5.41, 5.74) is 6.42. The van der Waals surface area contributed by atoms with Gasteiger partial charge in [0.1, 0.15) is 0 Å². The molecule has 0 saturated heterocycles. The van der Waals surface area contributed by atoms with Crippen LogP contribution in [0.3, 0.4) is 0 Å². The highest BCUT2D eigenvalue weighted by molar-refractivity contribution is 6.35. The molecule has 0 amide bonds. The maximum absolute atomic E-state index is 11.0. The first kappa shape index (κ1) is 15.3. The summed E-state index contributed by atoms with van der Waals surface area (Å²) in [6.07, 6.45) is 1.30. The summed E-state index contributed by atoms with van der Waals surface area (Å²) in [5.74, 6) is -1.32. The second kappa shape index (κ2) is 6.98. The van der Waals surface area contributed by atoms with E-state index in [0.29, 0.717) is 16.5 Å². The monoisotopic (exact) mass is 289 g/mol. The summed E-state index contributed by atoms with van der Waals surface area (Å²) in [7, 11) is 0. The average Bonchev–Trinajstić information content (AvgIpc) is 2.31. The van der Waals surface area contributed by atoms with E-state index in [1.807, 2.05) is 13.0 Å². The molecule has 18 heavy (non-hydrogen) atoms. The van der Waals surface area contributed by atoms with Gasteiger partial charge in [0.05, 0.1) is 5.92 Å². The van der Waals surface area contributed by atoms with Crippen LogP contribution >= 0.6 is 23.2 Å². The van der Waals surface area contributed by atoms with Crippen molar-refractivity contribution in [3.8, 4) is 0 Å². The summed E-state index contributed by atoms with van der Waals surface area (Å²) in [6, 6.07) is 5.30. The topological polar surface area (TPSA) is 63.3 Å².